The molecule has 6 nitrogen and oxygen atoms in total. The Labute approximate surface area is 142 Å². The first-order valence-corrected chi connectivity index (χ1v) is 8.10. The number of aryl methyl sites for hydroxylation is 1. The second kappa shape index (κ2) is 9.05. The Bertz CT molecular complexity index is 583. The highest BCUT2D eigenvalue weighted by Crippen LogP contribution is 2.18. The minimum absolute atomic E-state index is 0.0111. The Hall–Kier alpha value is -2.37. The normalized spacial score (nSPS) is 14.3. The van der Waals surface area contributed by atoms with Crippen LogP contribution in [0.1, 0.15) is 50.8 Å². The molecule has 0 saturated heterocycles. The molecule has 24 heavy (non-hydrogen) atoms. The predicted octanol–water partition coefficient (Wildman–Crippen LogP) is 2.18. The highest BCUT2D eigenvalue weighted by Gasteiger charge is 2.26. The number of carboxylic acids is 1. The molecule has 0 aliphatic carbocycles. The van der Waals surface area contributed by atoms with E-state index in [9.17, 15) is 19.5 Å². The number of carboxylic acid groups (broad SMARTS) is 1. The topological polar surface area (TPSA) is 95.5 Å². The van der Waals surface area contributed by atoms with Crippen LogP contribution in [0.4, 0.5) is 0 Å². The quantitative estimate of drug-likeness (QED) is 0.679. The largest absolute Gasteiger partial charge is 0.480 e. The van der Waals surface area contributed by atoms with E-state index in [-0.39, 0.29) is 18.2 Å². The number of aliphatic carboxylic acids is 1. The van der Waals surface area contributed by atoms with E-state index in [1.165, 1.54) is 6.92 Å². The summed E-state index contributed by atoms with van der Waals surface area (Å²) in [6, 6.07) is 6.09. The minimum Gasteiger partial charge on any atom is -0.480 e. The Balaban J connectivity index is 2.85. The zero-order valence-corrected chi connectivity index (χ0v) is 14.6. The van der Waals surface area contributed by atoms with Gasteiger partial charge in [-0.25, -0.2) is 4.79 Å². The molecule has 0 bridgehead atoms. The molecule has 0 aromatic heterocycles. The van der Waals surface area contributed by atoms with E-state index in [1.807, 2.05) is 38.1 Å². The Morgan fingerprint density at radius 3 is 2.17 bits per heavy atom. The van der Waals surface area contributed by atoms with Crippen molar-refractivity contribution in [2.45, 2.75) is 52.6 Å². The lowest BCUT2D eigenvalue weighted by molar-refractivity contribution is -0.143. The van der Waals surface area contributed by atoms with Gasteiger partial charge in [0, 0.05) is 6.92 Å². The molecule has 3 N–H and O–H groups in total. The summed E-state index contributed by atoms with van der Waals surface area (Å²) in [7, 11) is 0. The van der Waals surface area contributed by atoms with Gasteiger partial charge in [-0.2, -0.15) is 0 Å². The summed E-state index contributed by atoms with van der Waals surface area (Å²) in [5, 5.41) is 14.6. The van der Waals surface area contributed by atoms with Crippen LogP contribution >= 0.6 is 0 Å². The molecule has 0 aliphatic rings. The number of carbonyl (C=O) groups excluding carboxylic acids is 2. The summed E-state index contributed by atoms with van der Waals surface area (Å²) < 4.78 is 0. The summed E-state index contributed by atoms with van der Waals surface area (Å²) in [6.07, 6.45) is 0.632. The SMILES string of the molecule is CC[C@H](C)[C@H](NC(=O)CC(NC(C)=O)c1ccc(C)cc1)C(=O)O. The third-order valence-electron chi connectivity index (χ3n) is 4.04. The molecule has 1 unspecified atom stereocenters. The first-order chi connectivity index (χ1) is 11.2. The number of nitrogens with one attached hydrogen (secondary N) is 2. The summed E-state index contributed by atoms with van der Waals surface area (Å²) in [5.74, 6) is -1.87. The molecular formula is C18H26N2O4. The van der Waals surface area contributed by atoms with Crippen LogP contribution in [0.3, 0.4) is 0 Å². The van der Waals surface area contributed by atoms with Gasteiger partial charge in [0.25, 0.3) is 0 Å². The fourth-order valence-electron chi connectivity index (χ4n) is 2.40. The van der Waals surface area contributed by atoms with Crippen molar-refractivity contribution in [2.75, 3.05) is 0 Å². The first-order valence-electron chi connectivity index (χ1n) is 8.10. The van der Waals surface area contributed by atoms with Crippen LogP contribution in [0.5, 0.6) is 0 Å². The lowest BCUT2D eigenvalue weighted by Crippen LogP contribution is -2.46. The molecule has 0 saturated carbocycles. The zero-order chi connectivity index (χ0) is 18.3. The van der Waals surface area contributed by atoms with E-state index in [1.54, 1.807) is 6.92 Å². The molecular weight excluding hydrogens is 308 g/mol. The summed E-state index contributed by atoms with van der Waals surface area (Å²) in [6.45, 7) is 7.00. The lowest BCUT2D eigenvalue weighted by Gasteiger charge is -2.23. The number of amides is 2. The third kappa shape index (κ3) is 6.02. The molecule has 1 aromatic rings. The van der Waals surface area contributed by atoms with Crippen LogP contribution in [0.25, 0.3) is 0 Å². The Morgan fingerprint density at radius 2 is 1.71 bits per heavy atom. The zero-order valence-electron chi connectivity index (χ0n) is 14.6. The fourth-order valence-corrected chi connectivity index (χ4v) is 2.40. The van der Waals surface area contributed by atoms with Gasteiger partial charge in [0.15, 0.2) is 0 Å². The Morgan fingerprint density at radius 1 is 1.12 bits per heavy atom. The van der Waals surface area contributed by atoms with E-state index < -0.39 is 24.0 Å². The standard InChI is InChI=1S/C18H26N2O4/c1-5-12(3)17(18(23)24)20-16(22)10-15(19-13(4)21)14-8-6-11(2)7-9-14/h6-9,12,15,17H,5,10H2,1-4H3,(H,19,21)(H,20,22)(H,23,24)/t12-,15?,17-/m0/s1. The number of rotatable bonds is 8. The van der Waals surface area contributed by atoms with Gasteiger partial charge >= 0.3 is 5.97 Å². The van der Waals surface area contributed by atoms with Crippen molar-refractivity contribution in [3.8, 4) is 0 Å². The highest BCUT2D eigenvalue weighted by molar-refractivity contribution is 5.84. The summed E-state index contributed by atoms with van der Waals surface area (Å²) in [5.41, 5.74) is 1.88. The van der Waals surface area contributed by atoms with Crippen LogP contribution in [0, 0.1) is 12.8 Å². The second-order valence-electron chi connectivity index (χ2n) is 6.14. The van der Waals surface area contributed by atoms with Crippen molar-refractivity contribution in [1.29, 1.82) is 0 Å². The highest BCUT2D eigenvalue weighted by atomic mass is 16.4. The molecule has 2 amide bonds. The predicted molar refractivity (Wildman–Crippen MR) is 91.4 cm³/mol. The van der Waals surface area contributed by atoms with E-state index in [2.05, 4.69) is 10.6 Å². The van der Waals surface area contributed by atoms with Crippen LogP contribution in [-0.2, 0) is 14.4 Å². The van der Waals surface area contributed by atoms with Gasteiger partial charge in [-0.15, -0.1) is 0 Å². The monoisotopic (exact) mass is 334 g/mol. The van der Waals surface area contributed by atoms with Crippen molar-refractivity contribution < 1.29 is 19.5 Å². The van der Waals surface area contributed by atoms with Crippen molar-refractivity contribution in [3.63, 3.8) is 0 Å². The third-order valence-corrected chi connectivity index (χ3v) is 4.04. The van der Waals surface area contributed by atoms with Gasteiger partial charge in [0.1, 0.15) is 6.04 Å². The lowest BCUT2D eigenvalue weighted by atomic mass is 9.98. The Kier molecular flexibility index (Phi) is 7.42. The average Bonchev–Trinajstić information content (AvgIpc) is 2.51. The average molecular weight is 334 g/mol. The number of hydrogen-bond acceptors (Lipinski definition) is 3. The van der Waals surface area contributed by atoms with Crippen molar-refractivity contribution in [1.82, 2.24) is 10.6 Å². The smallest absolute Gasteiger partial charge is 0.326 e. The molecule has 0 aliphatic heterocycles. The van der Waals surface area contributed by atoms with Crippen molar-refractivity contribution >= 4 is 17.8 Å². The second-order valence-corrected chi connectivity index (χ2v) is 6.14. The summed E-state index contributed by atoms with van der Waals surface area (Å²) >= 11 is 0. The maximum Gasteiger partial charge on any atom is 0.326 e. The van der Waals surface area contributed by atoms with Crippen LogP contribution in [0.2, 0.25) is 0 Å². The number of benzene rings is 1. The molecule has 132 valence electrons. The van der Waals surface area contributed by atoms with Crippen LogP contribution in [-0.4, -0.2) is 28.9 Å². The van der Waals surface area contributed by atoms with Crippen LogP contribution < -0.4 is 10.6 Å². The van der Waals surface area contributed by atoms with E-state index in [0.29, 0.717) is 6.42 Å². The molecule has 1 aromatic carbocycles. The van der Waals surface area contributed by atoms with Gasteiger partial charge in [-0.1, -0.05) is 50.1 Å². The van der Waals surface area contributed by atoms with Gasteiger partial charge < -0.3 is 15.7 Å². The van der Waals surface area contributed by atoms with Gasteiger partial charge in [0.2, 0.25) is 11.8 Å². The van der Waals surface area contributed by atoms with Gasteiger partial charge in [-0.05, 0) is 18.4 Å². The van der Waals surface area contributed by atoms with Crippen molar-refractivity contribution in [2.24, 2.45) is 5.92 Å². The molecule has 0 spiro atoms. The van der Waals surface area contributed by atoms with Gasteiger partial charge in [0.05, 0.1) is 12.5 Å². The minimum atomic E-state index is -1.05. The van der Waals surface area contributed by atoms with E-state index in [4.69, 9.17) is 0 Å². The van der Waals surface area contributed by atoms with Gasteiger partial charge in [-0.3, -0.25) is 9.59 Å². The molecule has 1 rings (SSSR count). The number of carbonyl (C=O) groups is 3. The van der Waals surface area contributed by atoms with E-state index >= 15 is 0 Å². The van der Waals surface area contributed by atoms with Crippen molar-refractivity contribution in [3.05, 3.63) is 35.4 Å². The fraction of sp³-hybridized carbons (Fsp3) is 0.500. The van der Waals surface area contributed by atoms with E-state index in [0.717, 1.165) is 11.1 Å². The molecule has 0 fully saturated rings. The molecule has 0 radical (unpaired) electrons. The molecule has 0 heterocycles. The first kappa shape index (κ1) is 19.7. The number of hydrogen-bond donors (Lipinski definition) is 3. The maximum absolute atomic E-state index is 12.3. The summed E-state index contributed by atoms with van der Waals surface area (Å²) in [4.78, 5) is 35.0. The van der Waals surface area contributed by atoms with Crippen LogP contribution in [0.15, 0.2) is 24.3 Å². The maximum atomic E-state index is 12.3. The molecule has 6 heteroatoms. The molecule has 3 atom stereocenters.